The van der Waals surface area contributed by atoms with Crippen LogP contribution in [0, 0.1) is 0 Å². The van der Waals surface area contributed by atoms with E-state index in [0.717, 1.165) is 16.7 Å². The van der Waals surface area contributed by atoms with E-state index in [2.05, 4.69) is 10.6 Å². The van der Waals surface area contributed by atoms with Crippen LogP contribution in [0.15, 0.2) is 91.0 Å². The predicted octanol–water partition coefficient (Wildman–Crippen LogP) is 2.75. The van der Waals surface area contributed by atoms with Crippen LogP contribution < -0.4 is 10.6 Å². The van der Waals surface area contributed by atoms with Crippen LogP contribution in [0.5, 0.6) is 0 Å². The average Bonchev–Trinajstić information content (AvgIpc) is 2.91. The normalized spacial score (nSPS) is 12.0. The number of nitrogens with one attached hydrogen (secondary N) is 2. The minimum absolute atomic E-state index is 0.0548. The summed E-state index contributed by atoms with van der Waals surface area (Å²) >= 11 is 0. The molecular weight excluding hydrogens is 472 g/mol. The summed E-state index contributed by atoms with van der Waals surface area (Å²) in [6, 6.07) is 25.5. The van der Waals surface area contributed by atoms with Crippen LogP contribution in [0.2, 0.25) is 0 Å². The molecule has 192 valence electrons. The Balaban J connectivity index is 1.65. The van der Waals surface area contributed by atoms with Crippen molar-refractivity contribution in [1.82, 2.24) is 10.6 Å². The molecule has 0 aliphatic carbocycles. The summed E-state index contributed by atoms with van der Waals surface area (Å²) < 4.78 is 10.3. The van der Waals surface area contributed by atoms with Gasteiger partial charge in [-0.2, -0.15) is 0 Å². The fourth-order valence-corrected chi connectivity index (χ4v) is 3.63. The maximum Gasteiger partial charge on any atom is 0.344 e. The first-order chi connectivity index (χ1) is 17.9. The van der Waals surface area contributed by atoms with E-state index in [1.807, 2.05) is 91.0 Å². The molecule has 0 aliphatic rings. The minimum Gasteiger partial charge on any atom is -0.458 e. The number of esters is 2. The Bertz CT molecular complexity index is 1170. The third-order valence-corrected chi connectivity index (χ3v) is 5.44. The summed E-state index contributed by atoms with van der Waals surface area (Å²) in [6.45, 7) is 0.785. The molecule has 8 nitrogen and oxygen atoms in total. The number of benzene rings is 3. The summed E-state index contributed by atoms with van der Waals surface area (Å²) in [4.78, 5) is 50.0. The van der Waals surface area contributed by atoms with Crippen LogP contribution in [-0.2, 0) is 48.1 Å². The molecule has 0 radical (unpaired) electrons. The van der Waals surface area contributed by atoms with E-state index in [1.54, 1.807) is 0 Å². The number of hydrogen-bond acceptors (Lipinski definition) is 6. The Kier molecular flexibility index (Phi) is 10.4. The highest BCUT2D eigenvalue weighted by atomic mass is 16.6. The summed E-state index contributed by atoms with van der Waals surface area (Å²) in [5.74, 6) is -2.40. The molecule has 0 heterocycles. The zero-order valence-electron chi connectivity index (χ0n) is 20.6. The molecule has 2 atom stereocenters. The van der Waals surface area contributed by atoms with Gasteiger partial charge < -0.3 is 20.1 Å². The first kappa shape index (κ1) is 27.1. The van der Waals surface area contributed by atoms with Crippen LogP contribution in [0.3, 0.4) is 0 Å². The van der Waals surface area contributed by atoms with Gasteiger partial charge in [-0.25, -0.2) is 9.59 Å². The summed E-state index contributed by atoms with van der Waals surface area (Å²) in [6.07, 6.45) is 0.383. The van der Waals surface area contributed by atoms with Gasteiger partial charge in [-0.15, -0.1) is 0 Å². The number of carbonyl (C=O) groups is 4. The molecule has 37 heavy (non-hydrogen) atoms. The quantitative estimate of drug-likeness (QED) is 0.369. The number of rotatable bonds is 12. The van der Waals surface area contributed by atoms with Gasteiger partial charge in [0.1, 0.15) is 18.7 Å². The molecule has 0 aromatic heterocycles. The molecule has 0 aliphatic heterocycles. The maximum absolute atomic E-state index is 13.2. The van der Waals surface area contributed by atoms with E-state index in [4.69, 9.17) is 9.47 Å². The Hall–Kier alpha value is -4.46. The summed E-state index contributed by atoms with van der Waals surface area (Å²) in [5, 5.41) is 5.33. The Labute approximate surface area is 216 Å². The van der Waals surface area contributed by atoms with Crippen LogP contribution in [0.25, 0.3) is 0 Å². The van der Waals surface area contributed by atoms with Crippen molar-refractivity contribution in [3.63, 3.8) is 0 Å². The van der Waals surface area contributed by atoms with Gasteiger partial charge in [0.15, 0.2) is 6.61 Å². The van der Waals surface area contributed by atoms with Crippen molar-refractivity contribution in [2.24, 2.45) is 0 Å². The predicted molar refractivity (Wildman–Crippen MR) is 137 cm³/mol. The lowest BCUT2D eigenvalue weighted by Crippen LogP contribution is -2.53. The molecule has 8 heteroatoms. The monoisotopic (exact) mass is 502 g/mol. The van der Waals surface area contributed by atoms with Crippen LogP contribution in [-0.4, -0.2) is 42.4 Å². The highest BCUT2D eigenvalue weighted by Crippen LogP contribution is 2.08. The number of amides is 2. The number of carbonyl (C=O) groups excluding carboxylic acids is 4. The third kappa shape index (κ3) is 9.60. The van der Waals surface area contributed by atoms with Crippen LogP contribution in [0.1, 0.15) is 23.6 Å². The third-order valence-electron chi connectivity index (χ3n) is 5.44. The molecule has 3 aromatic carbocycles. The highest BCUT2D eigenvalue weighted by molar-refractivity contribution is 5.91. The lowest BCUT2D eigenvalue weighted by Gasteiger charge is -2.22. The smallest absolute Gasteiger partial charge is 0.344 e. The van der Waals surface area contributed by atoms with Crippen molar-refractivity contribution in [3.8, 4) is 0 Å². The van der Waals surface area contributed by atoms with Gasteiger partial charge in [-0.3, -0.25) is 9.59 Å². The van der Waals surface area contributed by atoms with Crippen molar-refractivity contribution < 1.29 is 28.7 Å². The first-order valence-electron chi connectivity index (χ1n) is 11.9. The molecular formula is C29H30N2O6. The van der Waals surface area contributed by atoms with Crippen LogP contribution >= 0.6 is 0 Å². The SMILES string of the molecule is CC(=O)N[C@@H](Cc1ccccc1)C(=O)N[C@@H](Cc1ccccc1)C(=O)OCC(=O)OCc1ccccc1. The second kappa shape index (κ2) is 14.2. The van der Waals surface area contributed by atoms with Gasteiger partial charge in [0.2, 0.25) is 11.8 Å². The van der Waals surface area contributed by atoms with Gasteiger partial charge >= 0.3 is 11.9 Å². The largest absolute Gasteiger partial charge is 0.458 e. The second-order valence-corrected chi connectivity index (χ2v) is 8.45. The summed E-state index contributed by atoms with van der Waals surface area (Å²) in [5.41, 5.74) is 2.44. The first-order valence-corrected chi connectivity index (χ1v) is 11.9. The van der Waals surface area contributed by atoms with Gasteiger partial charge in [-0.05, 0) is 16.7 Å². The molecule has 0 saturated carbocycles. The van der Waals surface area contributed by atoms with Crippen molar-refractivity contribution in [3.05, 3.63) is 108 Å². The van der Waals surface area contributed by atoms with Crippen molar-refractivity contribution in [2.45, 2.75) is 38.5 Å². The molecule has 2 N–H and O–H groups in total. The Morgan fingerprint density at radius 2 is 1.14 bits per heavy atom. The molecule has 0 saturated heterocycles. The highest BCUT2D eigenvalue weighted by Gasteiger charge is 2.28. The van der Waals surface area contributed by atoms with E-state index in [0.29, 0.717) is 0 Å². The van der Waals surface area contributed by atoms with Crippen molar-refractivity contribution in [2.75, 3.05) is 6.61 Å². The fraction of sp³-hybridized carbons (Fsp3) is 0.241. The topological polar surface area (TPSA) is 111 Å². The van der Waals surface area contributed by atoms with E-state index in [-0.39, 0.29) is 25.4 Å². The van der Waals surface area contributed by atoms with E-state index in [1.165, 1.54) is 6.92 Å². The minimum atomic E-state index is -1.08. The lowest BCUT2D eigenvalue weighted by molar-refractivity contribution is -0.161. The molecule has 0 fully saturated rings. The van der Waals surface area contributed by atoms with Crippen molar-refractivity contribution in [1.29, 1.82) is 0 Å². The second-order valence-electron chi connectivity index (χ2n) is 8.45. The van der Waals surface area contributed by atoms with Gasteiger partial charge in [0.05, 0.1) is 0 Å². The van der Waals surface area contributed by atoms with E-state index >= 15 is 0 Å². The standard InChI is InChI=1S/C29H30N2O6/c1-21(32)30-25(17-22-11-5-2-6-12-22)28(34)31-26(18-23-13-7-3-8-14-23)29(35)37-20-27(33)36-19-24-15-9-4-10-16-24/h2-16,25-26H,17-20H2,1H3,(H,30,32)(H,31,34)/t25-,26-/m0/s1. The zero-order valence-corrected chi connectivity index (χ0v) is 20.6. The molecule has 0 bridgehead atoms. The zero-order chi connectivity index (χ0) is 26.5. The van der Waals surface area contributed by atoms with E-state index in [9.17, 15) is 19.2 Å². The number of hydrogen-bond donors (Lipinski definition) is 2. The van der Waals surface area contributed by atoms with Gasteiger partial charge in [0.25, 0.3) is 0 Å². The Morgan fingerprint density at radius 3 is 1.65 bits per heavy atom. The average molecular weight is 503 g/mol. The Morgan fingerprint density at radius 1 is 0.649 bits per heavy atom. The molecule has 0 spiro atoms. The van der Waals surface area contributed by atoms with Gasteiger partial charge in [0, 0.05) is 19.8 Å². The maximum atomic E-state index is 13.2. The molecule has 2 amide bonds. The van der Waals surface area contributed by atoms with Gasteiger partial charge in [-0.1, -0.05) is 91.0 Å². The van der Waals surface area contributed by atoms with E-state index < -0.39 is 36.5 Å². The molecule has 3 aromatic rings. The molecule has 0 unspecified atom stereocenters. The lowest BCUT2D eigenvalue weighted by atomic mass is 10.0. The van der Waals surface area contributed by atoms with Crippen molar-refractivity contribution >= 4 is 23.8 Å². The number of ether oxygens (including phenoxy) is 2. The summed E-state index contributed by atoms with van der Waals surface area (Å²) in [7, 11) is 0. The fourth-order valence-electron chi connectivity index (χ4n) is 3.63. The van der Waals surface area contributed by atoms with Crippen LogP contribution in [0.4, 0.5) is 0 Å². The molecule has 3 rings (SSSR count).